The largest absolute Gasteiger partial charge is 0.325 e. The molecule has 0 radical (unpaired) electrons. The molecule has 0 atom stereocenters. The average molecular weight is 364 g/mol. The molecular weight excluding hydrogens is 334 g/mol. The van der Waals surface area contributed by atoms with E-state index in [-0.39, 0.29) is 6.03 Å². The predicted molar refractivity (Wildman–Crippen MR) is 104 cm³/mol. The zero-order valence-corrected chi connectivity index (χ0v) is 16.2. The second-order valence-corrected chi connectivity index (χ2v) is 8.24. The number of benzene rings is 1. The van der Waals surface area contributed by atoms with Gasteiger partial charge in [0.1, 0.15) is 0 Å². The number of halogens is 1. The molecule has 0 spiro atoms. The minimum atomic E-state index is -0.00406. The van der Waals surface area contributed by atoms with Crippen molar-refractivity contribution in [2.24, 2.45) is 11.8 Å². The highest BCUT2D eigenvalue weighted by atomic mass is 35.5. The van der Waals surface area contributed by atoms with Gasteiger partial charge < -0.3 is 15.1 Å². The third kappa shape index (κ3) is 5.11. The third-order valence-electron chi connectivity index (χ3n) is 5.74. The number of carbonyl (C=O) groups is 1. The van der Waals surface area contributed by atoms with Crippen molar-refractivity contribution >= 4 is 23.3 Å². The van der Waals surface area contributed by atoms with Crippen molar-refractivity contribution in [2.75, 3.05) is 38.0 Å². The van der Waals surface area contributed by atoms with Crippen LogP contribution in [-0.2, 0) is 0 Å². The molecule has 5 heteroatoms. The van der Waals surface area contributed by atoms with Crippen LogP contribution in [0.4, 0.5) is 10.5 Å². The molecule has 4 nitrogen and oxygen atoms in total. The predicted octanol–water partition coefficient (Wildman–Crippen LogP) is 4.62. The number of hydrogen-bond acceptors (Lipinski definition) is 2. The number of anilines is 1. The lowest BCUT2D eigenvalue weighted by Crippen LogP contribution is -2.44. The van der Waals surface area contributed by atoms with E-state index in [0.717, 1.165) is 49.0 Å². The molecule has 2 heterocycles. The highest BCUT2D eigenvalue weighted by Gasteiger charge is 2.25. The van der Waals surface area contributed by atoms with E-state index in [1.165, 1.54) is 32.5 Å². The van der Waals surface area contributed by atoms with Crippen molar-refractivity contribution in [3.63, 3.8) is 0 Å². The molecule has 1 N–H and O–H groups in total. The maximum absolute atomic E-state index is 12.5. The van der Waals surface area contributed by atoms with Crippen LogP contribution >= 0.6 is 11.6 Å². The summed E-state index contributed by atoms with van der Waals surface area (Å²) in [4.78, 5) is 17.1. The van der Waals surface area contributed by atoms with Crippen LogP contribution in [0.1, 0.15) is 38.2 Å². The summed E-state index contributed by atoms with van der Waals surface area (Å²) in [5.41, 5.74) is 1.84. The van der Waals surface area contributed by atoms with Crippen molar-refractivity contribution in [1.29, 1.82) is 0 Å². The number of nitrogens with zero attached hydrogens (tertiary/aromatic N) is 2. The summed E-state index contributed by atoms with van der Waals surface area (Å²) in [5.74, 6) is 1.61. The van der Waals surface area contributed by atoms with Crippen molar-refractivity contribution < 1.29 is 4.79 Å². The average Bonchev–Trinajstić information content (AvgIpc) is 2.61. The highest BCUT2D eigenvalue weighted by Crippen LogP contribution is 2.24. The molecule has 1 aromatic carbocycles. The molecule has 0 unspecified atom stereocenters. The summed E-state index contributed by atoms with van der Waals surface area (Å²) < 4.78 is 0. The Labute approximate surface area is 156 Å². The van der Waals surface area contributed by atoms with Crippen LogP contribution in [0.25, 0.3) is 0 Å². The Kier molecular flexibility index (Phi) is 6.24. The maximum atomic E-state index is 12.5. The van der Waals surface area contributed by atoms with Gasteiger partial charge in [0, 0.05) is 30.3 Å². The van der Waals surface area contributed by atoms with Gasteiger partial charge in [-0.1, -0.05) is 24.6 Å². The number of carbonyl (C=O) groups excluding carboxylic acids is 1. The van der Waals surface area contributed by atoms with Crippen LogP contribution in [0.3, 0.4) is 0 Å². The molecule has 2 amide bonds. The van der Waals surface area contributed by atoms with E-state index in [2.05, 4.69) is 17.1 Å². The van der Waals surface area contributed by atoms with Crippen molar-refractivity contribution in [3.8, 4) is 0 Å². The van der Waals surface area contributed by atoms with E-state index in [9.17, 15) is 4.79 Å². The van der Waals surface area contributed by atoms with E-state index >= 15 is 0 Å². The molecule has 0 bridgehead atoms. The number of amides is 2. The van der Waals surface area contributed by atoms with Gasteiger partial charge in [-0.2, -0.15) is 0 Å². The molecular formula is C20H30ClN3O. The summed E-state index contributed by atoms with van der Waals surface area (Å²) in [6, 6.07) is 5.60. The van der Waals surface area contributed by atoms with Gasteiger partial charge in [-0.25, -0.2) is 4.79 Å². The molecule has 2 aliphatic heterocycles. The van der Waals surface area contributed by atoms with E-state index in [1.807, 2.05) is 30.0 Å². The van der Waals surface area contributed by atoms with Gasteiger partial charge in [0.25, 0.3) is 0 Å². The molecule has 0 aromatic heterocycles. The first-order valence-corrected chi connectivity index (χ1v) is 9.93. The normalized spacial score (nSPS) is 20.7. The van der Waals surface area contributed by atoms with Gasteiger partial charge in [0.05, 0.1) is 0 Å². The summed E-state index contributed by atoms with van der Waals surface area (Å²) in [6.07, 6.45) is 4.88. The Morgan fingerprint density at radius 2 is 1.84 bits per heavy atom. The molecule has 3 rings (SSSR count). The first-order chi connectivity index (χ1) is 12.0. The Morgan fingerprint density at radius 3 is 2.52 bits per heavy atom. The fraction of sp³-hybridized carbons (Fsp3) is 0.650. The zero-order chi connectivity index (χ0) is 17.8. The number of hydrogen-bond donors (Lipinski definition) is 1. The van der Waals surface area contributed by atoms with E-state index in [0.29, 0.717) is 5.02 Å². The van der Waals surface area contributed by atoms with Gasteiger partial charge in [-0.05, 0) is 75.2 Å². The fourth-order valence-corrected chi connectivity index (χ4v) is 4.02. The Bertz CT molecular complexity index is 591. The molecule has 0 aliphatic carbocycles. The molecule has 2 aliphatic rings. The van der Waals surface area contributed by atoms with Crippen molar-refractivity contribution in [3.05, 3.63) is 28.8 Å². The number of aryl methyl sites for hydroxylation is 1. The first kappa shape index (κ1) is 18.5. The minimum absolute atomic E-state index is 0.00406. The Hall–Kier alpha value is -1.26. The van der Waals surface area contributed by atoms with Crippen molar-refractivity contribution in [1.82, 2.24) is 9.80 Å². The quantitative estimate of drug-likeness (QED) is 0.850. The van der Waals surface area contributed by atoms with Gasteiger partial charge in [-0.3, -0.25) is 0 Å². The van der Waals surface area contributed by atoms with Crippen LogP contribution in [0, 0.1) is 18.8 Å². The number of likely N-dealkylation sites (tertiary alicyclic amines) is 2. The summed E-state index contributed by atoms with van der Waals surface area (Å²) in [6.45, 7) is 9.73. The monoisotopic (exact) mass is 363 g/mol. The lowest BCUT2D eigenvalue weighted by atomic mass is 9.93. The number of urea groups is 1. The first-order valence-electron chi connectivity index (χ1n) is 9.55. The molecule has 2 saturated heterocycles. The molecule has 1 aromatic rings. The number of rotatable bonds is 3. The van der Waals surface area contributed by atoms with Gasteiger partial charge >= 0.3 is 6.03 Å². The van der Waals surface area contributed by atoms with Crippen LogP contribution in [0.5, 0.6) is 0 Å². The molecule has 25 heavy (non-hydrogen) atoms. The standard InChI is InChI=1S/C20H30ClN3O/c1-15-5-9-23(10-6-15)14-17-7-11-24(12-8-17)20(25)22-19-13-18(21)4-3-16(19)2/h3-4,13,15,17H,5-12,14H2,1-2H3,(H,22,25). The minimum Gasteiger partial charge on any atom is -0.325 e. The number of nitrogens with one attached hydrogen (secondary N) is 1. The topological polar surface area (TPSA) is 35.6 Å². The van der Waals surface area contributed by atoms with E-state index in [4.69, 9.17) is 11.6 Å². The van der Waals surface area contributed by atoms with Crippen molar-refractivity contribution in [2.45, 2.75) is 39.5 Å². The molecule has 0 saturated carbocycles. The van der Waals surface area contributed by atoms with Gasteiger partial charge in [-0.15, -0.1) is 0 Å². The molecule has 138 valence electrons. The summed E-state index contributed by atoms with van der Waals surface area (Å²) >= 11 is 6.04. The van der Waals surface area contributed by atoms with Crippen LogP contribution < -0.4 is 5.32 Å². The Balaban J connectivity index is 1.45. The number of piperidine rings is 2. The Morgan fingerprint density at radius 1 is 1.16 bits per heavy atom. The van der Waals surface area contributed by atoms with E-state index < -0.39 is 0 Å². The smallest absolute Gasteiger partial charge is 0.321 e. The third-order valence-corrected chi connectivity index (χ3v) is 5.97. The lowest BCUT2D eigenvalue weighted by Gasteiger charge is -2.37. The van der Waals surface area contributed by atoms with Crippen LogP contribution in [-0.4, -0.2) is 48.6 Å². The zero-order valence-electron chi connectivity index (χ0n) is 15.4. The highest BCUT2D eigenvalue weighted by molar-refractivity contribution is 6.31. The lowest BCUT2D eigenvalue weighted by molar-refractivity contribution is 0.130. The maximum Gasteiger partial charge on any atom is 0.321 e. The second-order valence-electron chi connectivity index (χ2n) is 7.80. The van der Waals surface area contributed by atoms with Crippen LogP contribution in [0.15, 0.2) is 18.2 Å². The second kappa shape index (κ2) is 8.41. The SMILES string of the molecule is Cc1ccc(Cl)cc1NC(=O)N1CCC(CN2CCC(C)CC2)CC1. The van der Waals surface area contributed by atoms with Crippen LogP contribution in [0.2, 0.25) is 5.02 Å². The fourth-order valence-electron chi connectivity index (χ4n) is 3.85. The van der Waals surface area contributed by atoms with E-state index in [1.54, 1.807) is 0 Å². The molecule has 2 fully saturated rings. The summed E-state index contributed by atoms with van der Waals surface area (Å²) in [7, 11) is 0. The van der Waals surface area contributed by atoms with Gasteiger partial charge in [0.2, 0.25) is 0 Å². The summed E-state index contributed by atoms with van der Waals surface area (Å²) in [5, 5.41) is 3.66. The van der Waals surface area contributed by atoms with Gasteiger partial charge in [0.15, 0.2) is 0 Å².